The Balaban J connectivity index is 1.52. The number of carbonyl (C=O) groups excluding carboxylic acids is 1. The van der Waals surface area contributed by atoms with Crippen LogP contribution in [0.25, 0.3) is 0 Å². The number of nitrogens with one attached hydrogen (secondary N) is 2. The molecule has 3 aromatic rings. The van der Waals surface area contributed by atoms with Crippen LogP contribution in [0.2, 0.25) is 0 Å². The largest absolute Gasteiger partial charge is 0.356 e. The molecule has 3 rings (SSSR count). The highest BCUT2D eigenvalue weighted by Gasteiger charge is 2.03. The Labute approximate surface area is 153 Å². The van der Waals surface area contributed by atoms with Crippen molar-refractivity contribution in [2.24, 2.45) is 0 Å². The standard InChI is InChI=1S/C22H19N3O/c23-16-18-6-9-19(10-7-18)24-20-11-13-21(14-12-20)25-22(26)15-8-17-4-2-1-3-5-17/h1-7,9-14,24H,8,15H2,(H,25,26). The van der Waals surface area contributed by atoms with Crippen LogP contribution in [0.5, 0.6) is 0 Å². The molecular weight excluding hydrogens is 322 g/mol. The van der Waals surface area contributed by atoms with Gasteiger partial charge in [-0.3, -0.25) is 4.79 Å². The van der Waals surface area contributed by atoms with Gasteiger partial charge in [0.15, 0.2) is 0 Å². The van der Waals surface area contributed by atoms with Crippen LogP contribution in [0, 0.1) is 11.3 Å². The van der Waals surface area contributed by atoms with Crippen LogP contribution in [0.3, 0.4) is 0 Å². The molecule has 2 N–H and O–H groups in total. The molecule has 1 amide bonds. The predicted molar refractivity (Wildman–Crippen MR) is 104 cm³/mol. The van der Waals surface area contributed by atoms with Crippen molar-refractivity contribution in [3.05, 3.63) is 90.0 Å². The van der Waals surface area contributed by atoms with E-state index >= 15 is 0 Å². The molecule has 0 aliphatic heterocycles. The Morgan fingerprint density at radius 1 is 0.808 bits per heavy atom. The summed E-state index contributed by atoms with van der Waals surface area (Å²) in [4.78, 5) is 12.1. The van der Waals surface area contributed by atoms with E-state index in [2.05, 4.69) is 16.7 Å². The van der Waals surface area contributed by atoms with Crippen molar-refractivity contribution < 1.29 is 4.79 Å². The molecule has 128 valence electrons. The third kappa shape index (κ3) is 4.96. The molecule has 0 aliphatic carbocycles. The van der Waals surface area contributed by atoms with Gasteiger partial charge in [-0.25, -0.2) is 0 Å². The maximum Gasteiger partial charge on any atom is 0.224 e. The number of benzene rings is 3. The van der Waals surface area contributed by atoms with Crippen molar-refractivity contribution >= 4 is 23.0 Å². The number of carbonyl (C=O) groups is 1. The van der Waals surface area contributed by atoms with Gasteiger partial charge in [-0.15, -0.1) is 0 Å². The summed E-state index contributed by atoms with van der Waals surface area (Å²) in [5.41, 5.74) is 4.38. The third-order valence-electron chi connectivity index (χ3n) is 3.95. The van der Waals surface area contributed by atoms with Gasteiger partial charge >= 0.3 is 0 Å². The van der Waals surface area contributed by atoms with E-state index in [1.54, 1.807) is 12.1 Å². The van der Waals surface area contributed by atoms with Crippen LogP contribution in [0.4, 0.5) is 17.1 Å². The molecule has 3 aromatic carbocycles. The number of hydrogen-bond acceptors (Lipinski definition) is 3. The van der Waals surface area contributed by atoms with E-state index in [9.17, 15) is 4.79 Å². The van der Waals surface area contributed by atoms with Crippen LogP contribution < -0.4 is 10.6 Å². The lowest BCUT2D eigenvalue weighted by molar-refractivity contribution is -0.116. The Bertz CT molecular complexity index is 895. The smallest absolute Gasteiger partial charge is 0.224 e. The van der Waals surface area contributed by atoms with Gasteiger partial charge in [0.25, 0.3) is 0 Å². The number of nitriles is 1. The van der Waals surface area contributed by atoms with Gasteiger partial charge in [0.1, 0.15) is 0 Å². The zero-order valence-corrected chi connectivity index (χ0v) is 14.3. The fraction of sp³-hybridized carbons (Fsp3) is 0.0909. The fourth-order valence-electron chi connectivity index (χ4n) is 2.56. The van der Waals surface area contributed by atoms with E-state index in [1.807, 2.05) is 66.7 Å². The minimum atomic E-state index is 0.00153. The molecule has 0 aromatic heterocycles. The molecule has 0 aliphatic rings. The topological polar surface area (TPSA) is 64.9 Å². The molecule has 0 heterocycles. The summed E-state index contributed by atoms with van der Waals surface area (Å²) < 4.78 is 0. The zero-order chi connectivity index (χ0) is 18.2. The summed E-state index contributed by atoms with van der Waals surface area (Å²) in [6, 6.07) is 26.9. The lowest BCUT2D eigenvalue weighted by Crippen LogP contribution is -2.12. The second-order valence-electron chi connectivity index (χ2n) is 5.93. The maximum absolute atomic E-state index is 12.1. The van der Waals surface area contributed by atoms with Gasteiger partial charge in [-0.05, 0) is 60.5 Å². The number of anilines is 3. The van der Waals surface area contributed by atoms with E-state index in [4.69, 9.17) is 5.26 Å². The second kappa shape index (κ2) is 8.50. The summed E-state index contributed by atoms with van der Waals surface area (Å²) in [5.74, 6) is 0.00153. The molecule has 0 atom stereocenters. The van der Waals surface area contributed by atoms with E-state index in [0.717, 1.165) is 29.0 Å². The van der Waals surface area contributed by atoms with Crippen LogP contribution in [0.1, 0.15) is 17.5 Å². The number of nitrogens with zero attached hydrogens (tertiary/aromatic N) is 1. The van der Waals surface area contributed by atoms with E-state index in [-0.39, 0.29) is 5.91 Å². The van der Waals surface area contributed by atoms with Gasteiger partial charge in [0.2, 0.25) is 5.91 Å². The van der Waals surface area contributed by atoms with Crippen LogP contribution in [-0.4, -0.2) is 5.91 Å². The molecule has 0 fully saturated rings. The molecule has 0 unspecified atom stereocenters. The van der Waals surface area contributed by atoms with Gasteiger partial charge in [0.05, 0.1) is 11.6 Å². The highest BCUT2D eigenvalue weighted by atomic mass is 16.1. The predicted octanol–water partition coefficient (Wildman–Crippen LogP) is 4.87. The lowest BCUT2D eigenvalue weighted by Gasteiger charge is -2.09. The Morgan fingerprint density at radius 3 is 2.00 bits per heavy atom. The first-order chi connectivity index (χ1) is 12.7. The molecule has 0 saturated carbocycles. The van der Waals surface area contributed by atoms with E-state index in [0.29, 0.717) is 12.0 Å². The average molecular weight is 341 g/mol. The quantitative estimate of drug-likeness (QED) is 0.672. The maximum atomic E-state index is 12.1. The molecule has 0 radical (unpaired) electrons. The number of aryl methyl sites for hydroxylation is 1. The van der Waals surface area contributed by atoms with Gasteiger partial charge in [0, 0.05) is 23.5 Å². The van der Waals surface area contributed by atoms with Crippen LogP contribution in [-0.2, 0) is 11.2 Å². The summed E-state index contributed by atoms with van der Waals surface area (Å²) in [6.45, 7) is 0. The first kappa shape index (κ1) is 17.2. The monoisotopic (exact) mass is 341 g/mol. The fourth-order valence-corrected chi connectivity index (χ4v) is 2.56. The molecule has 4 nitrogen and oxygen atoms in total. The zero-order valence-electron chi connectivity index (χ0n) is 14.3. The first-order valence-corrected chi connectivity index (χ1v) is 8.44. The Hall–Kier alpha value is -3.58. The number of hydrogen-bond donors (Lipinski definition) is 2. The number of rotatable bonds is 6. The van der Waals surface area contributed by atoms with Crippen molar-refractivity contribution in [1.82, 2.24) is 0 Å². The molecule has 0 saturated heterocycles. The normalized spacial score (nSPS) is 9.96. The number of amides is 1. The van der Waals surface area contributed by atoms with Crippen LogP contribution >= 0.6 is 0 Å². The minimum Gasteiger partial charge on any atom is -0.356 e. The third-order valence-corrected chi connectivity index (χ3v) is 3.95. The van der Waals surface area contributed by atoms with Crippen molar-refractivity contribution in [1.29, 1.82) is 5.26 Å². The second-order valence-corrected chi connectivity index (χ2v) is 5.93. The van der Waals surface area contributed by atoms with E-state index < -0.39 is 0 Å². The highest BCUT2D eigenvalue weighted by molar-refractivity contribution is 5.91. The summed E-state index contributed by atoms with van der Waals surface area (Å²) >= 11 is 0. The highest BCUT2D eigenvalue weighted by Crippen LogP contribution is 2.19. The molecular formula is C22H19N3O. The molecule has 0 spiro atoms. The Kier molecular flexibility index (Phi) is 5.64. The lowest BCUT2D eigenvalue weighted by atomic mass is 10.1. The molecule has 26 heavy (non-hydrogen) atoms. The summed E-state index contributed by atoms with van der Waals surface area (Å²) in [7, 11) is 0. The minimum absolute atomic E-state index is 0.00153. The van der Waals surface area contributed by atoms with Crippen molar-refractivity contribution in [3.63, 3.8) is 0 Å². The molecule has 0 bridgehead atoms. The van der Waals surface area contributed by atoms with Crippen LogP contribution in [0.15, 0.2) is 78.9 Å². The summed E-state index contributed by atoms with van der Waals surface area (Å²) in [5, 5.41) is 15.0. The average Bonchev–Trinajstić information content (AvgIpc) is 2.69. The van der Waals surface area contributed by atoms with Gasteiger partial charge in [-0.2, -0.15) is 5.26 Å². The van der Waals surface area contributed by atoms with Crippen molar-refractivity contribution in [3.8, 4) is 6.07 Å². The SMILES string of the molecule is N#Cc1ccc(Nc2ccc(NC(=O)CCc3ccccc3)cc2)cc1. The van der Waals surface area contributed by atoms with Gasteiger partial charge in [-0.1, -0.05) is 30.3 Å². The summed E-state index contributed by atoms with van der Waals surface area (Å²) in [6.07, 6.45) is 1.18. The Morgan fingerprint density at radius 2 is 1.38 bits per heavy atom. The van der Waals surface area contributed by atoms with Crippen molar-refractivity contribution in [2.75, 3.05) is 10.6 Å². The van der Waals surface area contributed by atoms with E-state index in [1.165, 1.54) is 0 Å². The van der Waals surface area contributed by atoms with Crippen molar-refractivity contribution in [2.45, 2.75) is 12.8 Å². The van der Waals surface area contributed by atoms with Gasteiger partial charge < -0.3 is 10.6 Å². The molecule has 4 heteroatoms. The first-order valence-electron chi connectivity index (χ1n) is 8.44.